The number of carbonyl (C=O) groups excluding carboxylic acids is 1. The number of ether oxygens (including phenoxy) is 1. The molecule has 1 heterocycles. The molecule has 3 aromatic rings. The van der Waals surface area contributed by atoms with Crippen molar-refractivity contribution in [2.75, 3.05) is 11.9 Å². The largest absolute Gasteiger partial charge is 0.494 e. The van der Waals surface area contributed by atoms with Gasteiger partial charge in [-0.3, -0.25) is 14.2 Å². The Morgan fingerprint density at radius 2 is 1.88 bits per heavy atom. The maximum absolute atomic E-state index is 12.4. The van der Waals surface area contributed by atoms with Crippen LogP contribution in [0.15, 0.2) is 53.3 Å². The highest BCUT2D eigenvalue weighted by Crippen LogP contribution is 2.16. The SMILES string of the molecule is CCOc1ccc(NC(=O)CCc2nc3ccccc3c(=O)n2C)cc1. The molecule has 1 amide bonds. The van der Waals surface area contributed by atoms with E-state index in [2.05, 4.69) is 10.3 Å². The third-order valence-corrected chi connectivity index (χ3v) is 4.10. The number of nitrogens with zero attached hydrogens (tertiary/aromatic N) is 2. The second-order valence-corrected chi connectivity index (χ2v) is 5.91. The number of fused-ring (bicyclic) bond motifs is 1. The van der Waals surface area contributed by atoms with Crippen LogP contribution in [0.2, 0.25) is 0 Å². The number of rotatable bonds is 6. The molecule has 1 N–H and O–H groups in total. The number of aromatic nitrogens is 2. The van der Waals surface area contributed by atoms with Crippen molar-refractivity contribution in [3.63, 3.8) is 0 Å². The van der Waals surface area contributed by atoms with Gasteiger partial charge in [0.25, 0.3) is 5.56 Å². The Morgan fingerprint density at radius 3 is 2.62 bits per heavy atom. The highest BCUT2D eigenvalue weighted by atomic mass is 16.5. The molecule has 0 aliphatic heterocycles. The third kappa shape index (κ3) is 3.91. The molecule has 0 spiro atoms. The lowest BCUT2D eigenvalue weighted by molar-refractivity contribution is -0.116. The van der Waals surface area contributed by atoms with Gasteiger partial charge in [0.2, 0.25) is 5.91 Å². The van der Waals surface area contributed by atoms with E-state index in [0.717, 1.165) is 5.75 Å². The third-order valence-electron chi connectivity index (χ3n) is 4.10. The van der Waals surface area contributed by atoms with Crippen molar-refractivity contribution in [2.24, 2.45) is 7.05 Å². The van der Waals surface area contributed by atoms with Crippen molar-refractivity contribution in [3.05, 3.63) is 64.7 Å². The number of hydrogen-bond donors (Lipinski definition) is 1. The second kappa shape index (κ2) is 7.82. The molecule has 0 fully saturated rings. The van der Waals surface area contributed by atoms with Gasteiger partial charge in [0.05, 0.1) is 17.5 Å². The fourth-order valence-corrected chi connectivity index (χ4v) is 2.74. The summed E-state index contributed by atoms with van der Waals surface area (Å²) in [5.41, 5.74) is 1.26. The van der Waals surface area contributed by atoms with Crippen molar-refractivity contribution < 1.29 is 9.53 Å². The molecule has 3 rings (SSSR count). The number of carbonyl (C=O) groups is 1. The Labute approximate surface area is 151 Å². The predicted molar refractivity (Wildman–Crippen MR) is 102 cm³/mol. The predicted octanol–water partition coefficient (Wildman–Crippen LogP) is 2.90. The van der Waals surface area contributed by atoms with Crippen LogP contribution in [0.4, 0.5) is 5.69 Å². The number of hydrogen-bond acceptors (Lipinski definition) is 4. The Kier molecular flexibility index (Phi) is 5.31. The second-order valence-electron chi connectivity index (χ2n) is 5.91. The first-order valence-electron chi connectivity index (χ1n) is 8.56. The van der Waals surface area contributed by atoms with Crippen molar-refractivity contribution in [1.29, 1.82) is 0 Å². The maximum Gasteiger partial charge on any atom is 0.261 e. The summed E-state index contributed by atoms with van der Waals surface area (Å²) in [6, 6.07) is 14.4. The lowest BCUT2D eigenvalue weighted by atomic mass is 10.2. The summed E-state index contributed by atoms with van der Waals surface area (Å²) in [5, 5.41) is 3.42. The van der Waals surface area contributed by atoms with Gasteiger partial charge >= 0.3 is 0 Å². The van der Waals surface area contributed by atoms with Crippen LogP contribution in [0.1, 0.15) is 19.2 Å². The summed E-state index contributed by atoms with van der Waals surface area (Å²) in [6.45, 7) is 2.52. The average Bonchev–Trinajstić information content (AvgIpc) is 2.65. The van der Waals surface area contributed by atoms with E-state index in [0.29, 0.717) is 35.4 Å². The molecule has 0 atom stereocenters. The van der Waals surface area contributed by atoms with Crippen LogP contribution >= 0.6 is 0 Å². The molecule has 1 aromatic heterocycles. The molecule has 0 saturated heterocycles. The number of nitrogens with one attached hydrogen (secondary N) is 1. The number of aryl methyl sites for hydroxylation is 1. The smallest absolute Gasteiger partial charge is 0.261 e. The van der Waals surface area contributed by atoms with Gasteiger partial charge in [-0.05, 0) is 43.3 Å². The number of amides is 1. The van der Waals surface area contributed by atoms with Gasteiger partial charge in [0.15, 0.2) is 0 Å². The summed E-state index contributed by atoms with van der Waals surface area (Å²) in [4.78, 5) is 29.1. The van der Waals surface area contributed by atoms with E-state index in [1.54, 1.807) is 31.3 Å². The van der Waals surface area contributed by atoms with E-state index in [4.69, 9.17) is 4.74 Å². The van der Waals surface area contributed by atoms with E-state index in [1.807, 2.05) is 31.2 Å². The minimum Gasteiger partial charge on any atom is -0.494 e. The summed E-state index contributed by atoms with van der Waals surface area (Å²) in [6.07, 6.45) is 0.630. The van der Waals surface area contributed by atoms with Gasteiger partial charge in [-0.2, -0.15) is 0 Å². The molecule has 0 aliphatic carbocycles. The fourth-order valence-electron chi connectivity index (χ4n) is 2.74. The van der Waals surface area contributed by atoms with Crippen LogP contribution in [0.25, 0.3) is 10.9 Å². The normalized spacial score (nSPS) is 10.7. The Hall–Kier alpha value is -3.15. The molecule has 0 aliphatic rings. The molecular weight excluding hydrogens is 330 g/mol. The highest BCUT2D eigenvalue weighted by Gasteiger charge is 2.10. The Balaban J connectivity index is 1.67. The maximum atomic E-state index is 12.4. The molecule has 0 unspecified atom stereocenters. The quantitative estimate of drug-likeness (QED) is 0.741. The van der Waals surface area contributed by atoms with Crippen LogP contribution in [0.3, 0.4) is 0 Å². The molecule has 6 heteroatoms. The Bertz CT molecular complexity index is 978. The number of anilines is 1. The van der Waals surface area contributed by atoms with Crippen molar-refractivity contribution in [2.45, 2.75) is 19.8 Å². The monoisotopic (exact) mass is 351 g/mol. The highest BCUT2D eigenvalue weighted by molar-refractivity contribution is 5.90. The summed E-state index contributed by atoms with van der Waals surface area (Å²) in [5.74, 6) is 1.23. The Morgan fingerprint density at radius 1 is 1.15 bits per heavy atom. The van der Waals surface area contributed by atoms with Crippen LogP contribution in [0.5, 0.6) is 5.75 Å². The van der Waals surface area contributed by atoms with Crippen LogP contribution in [-0.2, 0) is 18.3 Å². The van der Waals surface area contributed by atoms with Gasteiger partial charge in [0, 0.05) is 25.6 Å². The van der Waals surface area contributed by atoms with Gasteiger partial charge in [0.1, 0.15) is 11.6 Å². The minimum absolute atomic E-state index is 0.0995. The number of benzene rings is 2. The zero-order valence-electron chi connectivity index (χ0n) is 14.9. The van der Waals surface area contributed by atoms with Crippen LogP contribution < -0.4 is 15.6 Å². The van der Waals surface area contributed by atoms with E-state index < -0.39 is 0 Å². The summed E-state index contributed by atoms with van der Waals surface area (Å²) >= 11 is 0. The van der Waals surface area contributed by atoms with Crippen LogP contribution in [-0.4, -0.2) is 22.1 Å². The summed E-state index contributed by atoms with van der Waals surface area (Å²) in [7, 11) is 1.68. The molecule has 26 heavy (non-hydrogen) atoms. The first-order chi connectivity index (χ1) is 12.6. The van der Waals surface area contributed by atoms with Gasteiger partial charge < -0.3 is 10.1 Å². The first kappa shape index (κ1) is 17.7. The lowest BCUT2D eigenvalue weighted by Gasteiger charge is -2.10. The van der Waals surface area contributed by atoms with Gasteiger partial charge in [-0.15, -0.1) is 0 Å². The van der Waals surface area contributed by atoms with Gasteiger partial charge in [-0.1, -0.05) is 12.1 Å². The lowest BCUT2D eigenvalue weighted by Crippen LogP contribution is -2.23. The average molecular weight is 351 g/mol. The topological polar surface area (TPSA) is 73.2 Å². The van der Waals surface area contributed by atoms with Crippen molar-refractivity contribution >= 4 is 22.5 Å². The first-order valence-corrected chi connectivity index (χ1v) is 8.56. The minimum atomic E-state index is -0.128. The van der Waals surface area contributed by atoms with E-state index in [-0.39, 0.29) is 17.9 Å². The molecule has 2 aromatic carbocycles. The molecule has 6 nitrogen and oxygen atoms in total. The molecular formula is C20H21N3O3. The zero-order chi connectivity index (χ0) is 18.5. The molecule has 134 valence electrons. The molecule has 0 bridgehead atoms. The molecule has 0 radical (unpaired) electrons. The number of para-hydroxylation sites is 1. The van der Waals surface area contributed by atoms with Crippen molar-refractivity contribution in [3.8, 4) is 5.75 Å². The van der Waals surface area contributed by atoms with Gasteiger partial charge in [-0.25, -0.2) is 4.98 Å². The van der Waals surface area contributed by atoms with E-state index in [1.165, 1.54) is 4.57 Å². The zero-order valence-corrected chi connectivity index (χ0v) is 14.9. The summed E-state index contributed by atoms with van der Waals surface area (Å²) < 4.78 is 6.88. The standard InChI is InChI=1S/C20H21N3O3/c1-3-26-15-10-8-14(9-11-15)21-19(24)13-12-18-22-17-7-5-4-6-16(17)20(25)23(18)2/h4-11H,3,12-13H2,1-2H3,(H,21,24). The molecule has 0 saturated carbocycles. The van der Waals surface area contributed by atoms with Crippen LogP contribution in [0, 0.1) is 0 Å². The van der Waals surface area contributed by atoms with E-state index in [9.17, 15) is 9.59 Å². The van der Waals surface area contributed by atoms with Crippen molar-refractivity contribution in [1.82, 2.24) is 9.55 Å². The fraction of sp³-hybridized carbons (Fsp3) is 0.250. The van der Waals surface area contributed by atoms with E-state index >= 15 is 0 Å².